The van der Waals surface area contributed by atoms with E-state index >= 15 is 0 Å². The average molecular weight is 252 g/mol. The fourth-order valence-corrected chi connectivity index (χ4v) is 2.62. The molecule has 5 heteroatoms. The molecule has 102 valence electrons. The van der Waals surface area contributed by atoms with Gasteiger partial charge in [-0.15, -0.1) is 0 Å². The molecular formula is C13H24N4O. The molecule has 5 nitrogen and oxygen atoms in total. The lowest BCUT2D eigenvalue weighted by molar-refractivity contribution is 0.182. The van der Waals surface area contributed by atoms with Crippen molar-refractivity contribution in [2.75, 3.05) is 13.7 Å². The first-order chi connectivity index (χ1) is 8.83. The van der Waals surface area contributed by atoms with E-state index in [1.165, 1.54) is 25.7 Å². The van der Waals surface area contributed by atoms with Crippen molar-refractivity contribution in [2.24, 2.45) is 5.84 Å². The monoisotopic (exact) mass is 252 g/mol. The van der Waals surface area contributed by atoms with Gasteiger partial charge in [0.1, 0.15) is 0 Å². The molecule has 1 aliphatic carbocycles. The number of nitrogens with zero attached hydrogens (tertiary/aromatic N) is 2. The van der Waals surface area contributed by atoms with Gasteiger partial charge in [0.05, 0.1) is 11.7 Å². The lowest BCUT2D eigenvalue weighted by Gasteiger charge is -2.14. The second kappa shape index (κ2) is 6.87. The Kier molecular flexibility index (Phi) is 5.16. The number of hydrogen-bond acceptors (Lipinski definition) is 4. The summed E-state index contributed by atoms with van der Waals surface area (Å²) in [7, 11) is 1.71. The molecular weight excluding hydrogens is 228 g/mol. The van der Waals surface area contributed by atoms with Crippen molar-refractivity contribution in [2.45, 2.75) is 50.6 Å². The summed E-state index contributed by atoms with van der Waals surface area (Å²) in [6.45, 7) is 0.720. The van der Waals surface area contributed by atoms with E-state index in [-0.39, 0.29) is 6.04 Å². The fourth-order valence-electron chi connectivity index (χ4n) is 2.62. The van der Waals surface area contributed by atoms with Gasteiger partial charge in [-0.2, -0.15) is 5.10 Å². The van der Waals surface area contributed by atoms with Crippen LogP contribution in [-0.2, 0) is 11.2 Å². The van der Waals surface area contributed by atoms with E-state index in [2.05, 4.69) is 27.5 Å². The van der Waals surface area contributed by atoms with Crippen LogP contribution in [0.4, 0.5) is 0 Å². The molecule has 1 saturated carbocycles. The summed E-state index contributed by atoms with van der Waals surface area (Å²) in [5, 5.41) is 4.67. The molecule has 1 unspecified atom stereocenters. The van der Waals surface area contributed by atoms with Crippen molar-refractivity contribution in [1.29, 1.82) is 0 Å². The van der Waals surface area contributed by atoms with Gasteiger partial charge in [-0.1, -0.05) is 12.8 Å². The second-order valence-corrected chi connectivity index (χ2v) is 5.07. The Labute approximate surface area is 109 Å². The van der Waals surface area contributed by atoms with Crippen LogP contribution < -0.4 is 11.3 Å². The Morgan fingerprint density at radius 3 is 3.00 bits per heavy atom. The van der Waals surface area contributed by atoms with Crippen molar-refractivity contribution >= 4 is 0 Å². The molecule has 2 rings (SSSR count). The van der Waals surface area contributed by atoms with Gasteiger partial charge in [0.25, 0.3) is 0 Å². The Bertz CT molecular complexity index is 347. The van der Waals surface area contributed by atoms with Crippen LogP contribution in [0.3, 0.4) is 0 Å². The molecule has 0 saturated heterocycles. The van der Waals surface area contributed by atoms with Gasteiger partial charge in [0.2, 0.25) is 0 Å². The number of ether oxygens (including phenoxy) is 1. The molecule has 1 aliphatic rings. The molecule has 1 aromatic heterocycles. The Morgan fingerprint density at radius 1 is 1.56 bits per heavy atom. The molecule has 1 atom stereocenters. The number of aromatic nitrogens is 2. The molecule has 0 spiro atoms. The van der Waals surface area contributed by atoms with Crippen LogP contribution in [0.25, 0.3) is 0 Å². The van der Waals surface area contributed by atoms with Crippen LogP contribution in [0.15, 0.2) is 12.3 Å². The maximum absolute atomic E-state index is 5.55. The highest BCUT2D eigenvalue weighted by Gasteiger charge is 2.18. The minimum absolute atomic E-state index is 0.233. The molecule has 1 fully saturated rings. The normalized spacial score (nSPS) is 18.3. The number of rotatable bonds is 7. The first-order valence-corrected chi connectivity index (χ1v) is 6.82. The van der Waals surface area contributed by atoms with Gasteiger partial charge in [0, 0.05) is 32.4 Å². The van der Waals surface area contributed by atoms with Gasteiger partial charge in [-0.25, -0.2) is 0 Å². The largest absolute Gasteiger partial charge is 0.385 e. The third-order valence-corrected chi connectivity index (χ3v) is 3.72. The standard InChI is InChI=1S/C13H24N4O/c1-18-9-7-11(15-14)10-12-6-8-17(16-12)13-4-2-3-5-13/h6,8,11,13,15H,2-5,7,9-10,14H2,1H3. The number of nitrogens with one attached hydrogen (secondary N) is 1. The summed E-state index contributed by atoms with van der Waals surface area (Å²) in [5.41, 5.74) is 3.95. The van der Waals surface area contributed by atoms with E-state index in [1.807, 2.05) is 0 Å². The predicted molar refractivity (Wildman–Crippen MR) is 71.0 cm³/mol. The number of methoxy groups -OCH3 is 1. The SMILES string of the molecule is COCCC(Cc1ccn(C2CCCC2)n1)NN. The number of hydrazine groups is 1. The van der Waals surface area contributed by atoms with Crippen LogP contribution in [0.5, 0.6) is 0 Å². The third kappa shape index (κ3) is 3.54. The molecule has 3 N–H and O–H groups in total. The van der Waals surface area contributed by atoms with Crippen molar-refractivity contribution < 1.29 is 4.74 Å². The molecule has 0 amide bonds. The highest BCUT2D eigenvalue weighted by molar-refractivity contribution is 5.02. The Hall–Kier alpha value is -0.910. The van der Waals surface area contributed by atoms with Crippen LogP contribution >= 0.6 is 0 Å². The highest BCUT2D eigenvalue weighted by Crippen LogP contribution is 2.28. The maximum atomic E-state index is 5.55. The summed E-state index contributed by atoms with van der Waals surface area (Å²) < 4.78 is 7.21. The lowest BCUT2D eigenvalue weighted by Crippen LogP contribution is -2.37. The van der Waals surface area contributed by atoms with Crippen molar-refractivity contribution in [3.8, 4) is 0 Å². The van der Waals surface area contributed by atoms with Crippen molar-refractivity contribution in [3.05, 3.63) is 18.0 Å². The lowest BCUT2D eigenvalue weighted by atomic mass is 10.1. The second-order valence-electron chi connectivity index (χ2n) is 5.07. The van der Waals surface area contributed by atoms with Gasteiger partial charge in [0.15, 0.2) is 0 Å². The topological polar surface area (TPSA) is 65.1 Å². The summed E-state index contributed by atoms with van der Waals surface area (Å²) in [6, 6.07) is 2.95. The van der Waals surface area contributed by atoms with Gasteiger partial charge in [-0.05, 0) is 25.3 Å². The smallest absolute Gasteiger partial charge is 0.0640 e. The zero-order valence-corrected chi connectivity index (χ0v) is 11.1. The van der Waals surface area contributed by atoms with Crippen LogP contribution in [0.1, 0.15) is 43.8 Å². The van der Waals surface area contributed by atoms with Crippen LogP contribution in [0.2, 0.25) is 0 Å². The van der Waals surface area contributed by atoms with Crippen molar-refractivity contribution in [1.82, 2.24) is 15.2 Å². The first-order valence-electron chi connectivity index (χ1n) is 6.82. The molecule has 0 aromatic carbocycles. The molecule has 0 bridgehead atoms. The van der Waals surface area contributed by atoms with Gasteiger partial charge >= 0.3 is 0 Å². The first kappa shape index (κ1) is 13.5. The molecule has 1 heterocycles. The average Bonchev–Trinajstić information content (AvgIpc) is 3.04. The highest BCUT2D eigenvalue weighted by atomic mass is 16.5. The predicted octanol–water partition coefficient (Wildman–Crippen LogP) is 1.41. The Morgan fingerprint density at radius 2 is 2.33 bits per heavy atom. The summed E-state index contributed by atoms with van der Waals surface area (Å²) in [4.78, 5) is 0. The summed E-state index contributed by atoms with van der Waals surface area (Å²) in [5.74, 6) is 5.55. The number of hydrogen-bond donors (Lipinski definition) is 2. The summed E-state index contributed by atoms with van der Waals surface area (Å²) >= 11 is 0. The van der Waals surface area contributed by atoms with E-state index < -0.39 is 0 Å². The summed E-state index contributed by atoms with van der Waals surface area (Å²) in [6.07, 6.45) is 9.08. The minimum Gasteiger partial charge on any atom is -0.385 e. The zero-order chi connectivity index (χ0) is 12.8. The van der Waals surface area contributed by atoms with E-state index in [4.69, 9.17) is 10.6 Å². The van der Waals surface area contributed by atoms with E-state index in [0.717, 1.165) is 25.1 Å². The third-order valence-electron chi connectivity index (χ3n) is 3.72. The molecule has 18 heavy (non-hydrogen) atoms. The van der Waals surface area contributed by atoms with E-state index in [9.17, 15) is 0 Å². The van der Waals surface area contributed by atoms with Crippen LogP contribution in [-0.4, -0.2) is 29.5 Å². The Balaban J connectivity index is 1.88. The van der Waals surface area contributed by atoms with E-state index in [0.29, 0.717) is 6.04 Å². The van der Waals surface area contributed by atoms with Crippen molar-refractivity contribution in [3.63, 3.8) is 0 Å². The molecule has 0 aliphatic heterocycles. The number of nitrogens with two attached hydrogens (primary N) is 1. The quantitative estimate of drug-likeness (QED) is 0.569. The zero-order valence-electron chi connectivity index (χ0n) is 11.1. The molecule has 1 aromatic rings. The molecule has 0 radical (unpaired) electrons. The van der Waals surface area contributed by atoms with E-state index in [1.54, 1.807) is 7.11 Å². The van der Waals surface area contributed by atoms with Crippen LogP contribution in [0, 0.1) is 0 Å². The van der Waals surface area contributed by atoms with Gasteiger partial charge in [-0.3, -0.25) is 16.0 Å². The fraction of sp³-hybridized carbons (Fsp3) is 0.769. The minimum atomic E-state index is 0.233. The maximum Gasteiger partial charge on any atom is 0.0640 e. The van der Waals surface area contributed by atoms with Gasteiger partial charge < -0.3 is 4.74 Å².